The van der Waals surface area contributed by atoms with Gasteiger partial charge in [0.15, 0.2) is 5.82 Å². The zero-order valence-electron chi connectivity index (χ0n) is 15.1. The lowest BCUT2D eigenvalue weighted by atomic mass is 9.97. The molecule has 1 aliphatic heterocycles. The van der Waals surface area contributed by atoms with E-state index in [1.54, 1.807) is 0 Å². The molecule has 0 amide bonds. The highest BCUT2D eigenvalue weighted by atomic mass is 16.5. The fraction of sp³-hybridized carbons (Fsp3) is 0.350. The highest BCUT2D eigenvalue weighted by Crippen LogP contribution is 2.29. The number of ether oxygens (including phenoxy) is 1. The van der Waals surface area contributed by atoms with Crippen LogP contribution in [0.15, 0.2) is 48.5 Å². The van der Waals surface area contributed by atoms with Crippen LogP contribution < -0.4 is 5.32 Å². The predicted octanol–water partition coefficient (Wildman–Crippen LogP) is 3.61. The van der Waals surface area contributed by atoms with E-state index in [9.17, 15) is 0 Å². The molecule has 26 heavy (non-hydrogen) atoms. The highest BCUT2D eigenvalue weighted by molar-refractivity contribution is 5.38. The number of benzene rings is 1. The van der Waals surface area contributed by atoms with E-state index >= 15 is 0 Å². The van der Waals surface area contributed by atoms with Crippen LogP contribution in [0.2, 0.25) is 0 Å². The summed E-state index contributed by atoms with van der Waals surface area (Å²) in [6, 6.07) is 16.6. The molecule has 134 valence electrons. The molecule has 1 saturated heterocycles. The fourth-order valence-electron chi connectivity index (χ4n) is 3.41. The standard InChI is InChI=1S/C20H23N5O/c1-14-12-15(2)25(24-14)20-9-8-19(22-23-20)21-17-10-11-26-18(13-17)16-6-4-3-5-7-16/h3-9,12,17-18H,10-11,13H2,1-2H3,(H,21,22). The molecule has 1 aromatic carbocycles. The summed E-state index contributed by atoms with van der Waals surface area (Å²) in [5.74, 6) is 1.52. The minimum Gasteiger partial charge on any atom is -0.373 e. The molecule has 6 nitrogen and oxygen atoms in total. The van der Waals surface area contributed by atoms with Crippen molar-refractivity contribution in [3.05, 3.63) is 65.5 Å². The van der Waals surface area contributed by atoms with E-state index in [1.165, 1.54) is 5.56 Å². The van der Waals surface area contributed by atoms with Gasteiger partial charge < -0.3 is 10.1 Å². The van der Waals surface area contributed by atoms with Crippen molar-refractivity contribution < 1.29 is 4.74 Å². The lowest BCUT2D eigenvalue weighted by Gasteiger charge is -2.30. The van der Waals surface area contributed by atoms with Gasteiger partial charge in [-0.2, -0.15) is 5.10 Å². The molecule has 0 saturated carbocycles. The maximum Gasteiger partial charge on any atom is 0.176 e. The summed E-state index contributed by atoms with van der Waals surface area (Å²) in [7, 11) is 0. The Bertz CT molecular complexity index is 860. The van der Waals surface area contributed by atoms with Crippen LogP contribution >= 0.6 is 0 Å². The summed E-state index contributed by atoms with van der Waals surface area (Å²) < 4.78 is 7.75. The van der Waals surface area contributed by atoms with Gasteiger partial charge in [0.25, 0.3) is 0 Å². The Labute approximate surface area is 153 Å². The molecule has 2 unspecified atom stereocenters. The highest BCUT2D eigenvalue weighted by Gasteiger charge is 2.24. The van der Waals surface area contributed by atoms with E-state index in [2.05, 4.69) is 44.9 Å². The summed E-state index contributed by atoms with van der Waals surface area (Å²) in [4.78, 5) is 0. The minimum absolute atomic E-state index is 0.129. The number of hydrogen-bond donors (Lipinski definition) is 1. The minimum atomic E-state index is 0.129. The quantitative estimate of drug-likeness (QED) is 0.779. The first-order chi connectivity index (χ1) is 12.7. The molecule has 3 heterocycles. The van der Waals surface area contributed by atoms with Gasteiger partial charge in [-0.05, 0) is 50.5 Å². The number of nitrogens with one attached hydrogen (secondary N) is 1. The van der Waals surface area contributed by atoms with Crippen molar-refractivity contribution in [2.75, 3.05) is 11.9 Å². The van der Waals surface area contributed by atoms with Crippen LogP contribution in [0.25, 0.3) is 5.82 Å². The Morgan fingerprint density at radius 2 is 1.92 bits per heavy atom. The van der Waals surface area contributed by atoms with Gasteiger partial charge in [-0.1, -0.05) is 30.3 Å². The number of anilines is 1. The molecule has 0 spiro atoms. The van der Waals surface area contributed by atoms with Crippen molar-refractivity contribution in [1.82, 2.24) is 20.0 Å². The summed E-state index contributed by atoms with van der Waals surface area (Å²) in [5, 5.41) is 16.6. The second-order valence-electron chi connectivity index (χ2n) is 6.75. The Morgan fingerprint density at radius 1 is 1.08 bits per heavy atom. The Morgan fingerprint density at radius 3 is 2.62 bits per heavy atom. The van der Waals surface area contributed by atoms with E-state index in [1.807, 2.05) is 42.8 Å². The zero-order chi connectivity index (χ0) is 17.9. The molecule has 3 aromatic rings. The molecule has 0 aliphatic carbocycles. The lowest BCUT2D eigenvalue weighted by Crippen LogP contribution is -2.30. The average molecular weight is 349 g/mol. The second-order valence-corrected chi connectivity index (χ2v) is 6.75. The lowest BCUT2D eigenvalue weighted by molar-refractivity contribution is 0.00973. The van der Waals surface area contributed by atoms with Crippen molar-refractivity contribution in [3.63, 3.8) is 0 Å². The molecular weight excluding hydrogens is 326 g/mol. The first-order valence-electron chi connectivity index (χ1n) is 8.99. The monoisotopic (exact) mass is 349 g/mol. The predicted molar refractivity (Wildman–Crippen MR) is 100 cm³/mol. The average Bonchev–Trinajstić information content (AvgIpc) is 3.01. The summed E-state index contributed by atoms with van der Waals surface area (Å²) in [6.45, 7) is 4.73. The van der Waals surface area contributed by atoms with Crippen LogP contribution in [-0.4, -0.2) is 32.6 Å². The van der Waals surface area contributed by atoms with E-state index in [4.69, 9.17) is 4.74 Å². The van der Waals surface area contributed by atoms with Crippen molar-refractivity contribution >= 4 is 5.82 Å². The number of aromatic nitrogens is 4. The van der Waals surface area contributed by atoms with Gasteiger partial charge in [0.1, 0.15) is 5.82 Å². The topological polar surface area (TPSA) is 64.9 Å². The van der Waals surface area contributed by atoms with Gasteiger partial charge in [0.05, 0.1) is 11.8 Å². The van der Waals surface area contributed by atoms with Crippen LogP contribution in [-0.2, 0) is 4.74 Å². The number of aryl methyl sites for hydroxylation is 2. The van der Waals surface area contributed by atoms with Crippen molar-refractivity contribution in [1.29, 1.82) is 0 Å². The van der Waals surface area contributed by atoms with E-state index in [0.717, 1.165) is 42.5 Å². The van der Waals surface area contributed by atoms with Crippen LogP contribution in [0.3, 0.4) is 0 Å². The van der Waals surface area contributed by atoms with Gasteiger partial charge in [0.2, 0.25) is 0 Å². The van der Waals surface area contributed by atoms with E-state index in [0.29, 0.717) is 6.04 Å². The molecule has 2 atom stereocenters. The van der Waals surface area contributed by atoms with E-state index < -0.39 is 0 Å². The third-order valence-corrected chi connectivity index (χ3v) is 4.68. The molecular formula is C20H23N5O. The molecule has 1 aliphatic rings. The van der Waals surface area contributed by atoms with Crippen LogP contribution in [0.1, 0.15) is 35.9 Å². The van der Waals surface area contributed by atoms with E-state index in [-0.39, 0.29) is 6.10 Å². The fourth-order valence-corrected chi connectivity index (χ4v) is 3.41. The molecule has 1 N–H and O–H groups in total. The maximum absolute atomic E-state index is 5.94. The second kappa shape index (κ2) is 7.25. The number of rotatable bonds is 4. The Kier molecular flexibility index (Phi) is 4.67. The van der Waals surface area contributed by atoms with Gasteiger partial charge in [-0.15, -0.1) is 10.2 Å². The molecule has 1 fully saturated rings. The van der Waals surface area contributed by atoms with Crippen LogP contribution in [0.4, 0.5) is 5.82 Å². The largest absolute Gasteiger partial charge is 0.373 e. The SMILES string of the molecule is Cc1cc(C)n(-c2ccc(NC3CCOC(c4ccccc4)C3)nn2)n1. The Balaban J connectivity index is 1.43. The number of hydrogen-bond acceptors (Lipinski definition) is 5. The molecule has 0 radical (unpaired) electrons. The van der Waals surface area contributed by atoms with Gasteiger partial charge >= 0.3 is 0 Å². The molecule has 2 aromatic heterocycles. The smallest absolute Gasteiger partial charge is 0.176 e. The first-order valence-corrected chi connectivity index (χ1v) is 8.99. The third-order valence-electron chi connectivity index (χ3n) is 4.68. The Hall–Kier alpha value is -2.73. The van der Waals surface area contributed by atoms with Crippen LogP contribution in [0.5, 0.6) is 0 Å². The normalized spacial score (nSPS) is 20.1. The third kappa shape index (κ3) is 3.60. The van der Waals surface area contributed by atoms with Crippen molar-refractivity contribution in [2.24, 2.45) is 0 Å². The molecule has 6 heteroatoms. The maximum atomic E-state index is 5.94. The van der Waals surface area contributed by atoms with Crippen molar-refractivity contribution in [2.45, 2.75) is 38.8 Å². The van der Waals surface area contributed by atoms with Crippen LogP contribution in [0, 0.1) is 13.8 Å². The van der Waals surface area contributed by atoms with Gasteiger partial charge in [0, 0.05) is 18.3 Å². The van der Waals surface area contributed by atoms with Gasteiger partial charge in [-0.3, -0.25) is 0 Å². The molecule has 0 bridgehead atoms. The zero-order valence-corrected chi connectivity index (χ0v) is 15.1. The summed E-state index contributed by atoms with van der Waals surface area (Å²) >= 11 is 0. The van der Waals surface area contributed by atoms with Crippen molar-refractivity contribution in [3.8, 4) is 5.82 Å². The number of nitrogens with zero attached hydrogens (tertiary/aromatic N) is 4. The first kappa shape index (κ1) is 16.7. The van der Waals surface area contributed by atoms with Gasteiger partial charge in [-0.25, -0.2) is 4.68 Å². The summed E-state index contributed by atoms with van der Waals surface area (Å²) in [6.07, 6.45) is 2.01. The summed E-state index contributed by atoms with van der Waals surface area (Å²) in [5.41, 5.74) is 3.25. The molecule has 4 rings (SSSR count).